The van der Waals surface area contributed by atoms with Crippen molar-refractivity contribution >= 4 is 18.1 Å². The predicted molar refractivity (Wildman–Crippen MR) is 108 cm³/mol. The Hall–Kier alpha value is -2.15. The number of ether oxygens (including phenoxy) is 1. The highest BCUT2D eigenvalue weighted by molar-refractivity contribution is 7.71. The number of benzene rings is 1. The molecule has 0 aliphatic carbocycles. The number of methoxy groups -OCH3 is 1. The predicted octanol–water partition coefficient (Wildman–Crippen LogP) is 3.87. The van der Waals surface area contributed by atoms with Crippen molar-refractivity contribution in [3.8, 4) is 5.75 Å². The van der Waals surface area contributed by atoms with E-state index in [0.29, 0.717) is 17.1 Å². The van der Waals surface area contributed by atoms with Crippen LogP contribution in [0, 0.1) is 4.77 Å². The Kier molecular flexibility index (Phi) is 6.31. The fourth-order valence-electron chi connectivity index (χ4n) is 3.73. The quantitative estimate of drug-likeness (QED) is 0.763. The number of likely N-dealkylation sites (tertiary alicyclic amines) is 1. The van der Waals surface area contributed by atoms with Crippen LogP contribution in [0.25, 0.3) is 0 Å². The molecule has 0 saturated carbocycles. The van der Waals surface area contributed by atoms with E-state index in [4.69, 9.17) is 17.0 Å². The van der Waals surface area contributed by atoms with E-state index >= 15 is 0 Å². The van der Waals surface area contributed by atoms with Crippen molar-refractivity contribution in [3.05, 3.63) is 40.4 Å². The van der Waals surface area contributed by atoms with Crippen molar-refractivity contribution in [3.63, 3.8) is 0 Å². The van der Waals surface area contributed by atoms with Gasteiger partial charge in [-0.3, -0.25) is 9.89 Å². The van der Waals surface area contributed by atoms with Gasteiger partial charge in [0.25, 0.3) is 0 Å². The highest BCUT2D eigenvalue weighted by Gasteiger charge is 2.27. The lowest BCUT2D eigenvalue weighted by Crippen LogP contribution is -2.38. The molecule has 0 unspecified atom stereocenters. The number of rotatable bonds is 6. The number of carbonyl (C=O) groups excluding carboxylic acids is 1. The molecule has 1 aromatic carbocycles. The van der Waals surface area contributed by atoms with Crippen molar-refractivity contribution in [1.82, 2.24) is 19.7 Å². The molecule has 1 N–H and O–H groups in total. The summed E-state index contributed by atoms with van der Waals surface area (Å²) in [5.74, 6) is 2.43. The largest absolute Gasteiger partial charge is 0.497 e. The molecule has 1 aliphatic rings. The van der Waals surface area contributed by atoms with Crippen LogP contribution in [0.15, 0.2) is 24.3 Å². The van der Waals surface area contributed by atoms with Gasteiger partial charge in [-0.15, -0.1) is 0 Å². The summed E-state index contributed by atoms with van der Waals surface area (Å²) in [5.41, 5.74) is 1.13. The number of H-pyrrole nitrogens is 1. The highest BCUT2D eigenvalue weighted by atomic mass is 32.1. The molecule has 0 spiro atoms. The zero-order valence-electron chi connectivity index (χ0n) is 16.3. The number of aromatic amines is 1. The number of aromatic nitrogens is 3. The molecule has 0 bridgehead atoms. The fraction of sp³-hybridized carbons (Fsp3) is 0.550. The summed E-state index contributed by atoms with van der Waals surface area (Å²) in [6, 6.07) is 8.20. The highest BCUT2D eigenvalue weighted by Crippen LogP contribution is 2.28. The smallest absolute Gasteiger partial charge is 0.222 e. The maximum absolute atomic E-state index is 12.6. The first-order valence-corrected chi connectivity index (χ1v) is 9.98. The zero-order chi connectivity index (χ0) is 19.4. The summed E-state index contributed by atoms with van der Waals surface area (Å²) >= 11 is 5.35. The standard InChI is InChI=1S/C20H28N4O2S/c1-14(2)24-19(21-22-20(24)27)16-9-11-23(12-10-16)18(25)8-7-15-5-4-6-17(13-15)26-3/h4-6,13-14,16H,7-12H2,1-3H3,(H,22,27). The lowest BCUT2D eigenvalue weighted by atomic mass is 9.95. The number of nitrogens with one attached hydrogen (secondary N) is 1. The Labute approximate surface area is 165 Å². The molecule has 1 fully saturated rings. The van der Waals surface area contributed by atoms with E-state index in [0.717, 1.165) is 49.5 Å². The van der Waals surface area contributed by atoms with E-state index in [1.54, 1.807) is 7.11 Å². The molecule has 6 nitrogen and oxygen atoms in total. The first-order chi connectivity index (χ1) is 13.0. The second-order valence-electron chi connectivity index (χ2n) is 7.36. The normalized spacial score (nSPS) is 15.3. The van der Waals surface area contributed by atoms with E-state index in [-0.39, 0.29) is 11.9 Å². The summed E-state index contributed by atoms with van der Waals surface area (Å²) in [4.78, 5) is 14.6. The van der Waals surface area contributed by atoms with E-state index < -0.39 is 0 Å². The first kappa shape index (κ1) is 19.6. The number of carbonyl (C=O) groups is 1. The maximum atomic E-state index is 12.6. The van der Waals surface area contributed by atoms with Crippen LogP contribution in [-0.4, -0.2) is 45.8 Å². The van der Waals surface area contributed by atoms with E-state index in [1.165, 1.54) is 0 Å². The molecule has 7 heteroatoms. The lowest BCUT2D eigenvalue weighted by Gasteiger charge is -2.32. The molecule has 0 radical (unpaired) electrons. The van der Waals surface area contributed by atoms with E-state index in [1.807, 2.05) is 29.2 Å². The van der Waals surface area contributed by atoms with Gasteiger partial charge in [0.15, 0.2) is 4.77 Å². The van der Waals surface area contributed by atoms with Gasteiger partial charge in [0.1, 0.15) is 11.6 Å². The van der Waals surface area contributed by atoms with Gasteiger partial charge in [0, 0.05) is 31.5 Å². The average Bonchev–Trinajstić information content (AvgIpc) is 3.08. The Morgan fingerprint density at radius 1 is 1.37 bits per heavy atom. The minimum atomic E-state index is 0.221. The number of amides is 1. The number of hydrogen-bond donors (Lipinski definition) is 1. The van der Waals surface area contributed by atoms with Crippen molar-refractivity contribution < 1.29 is 9.53 Å². The molecule has 27 heavy (non-hydrogen) atoms. The van der Waals surface area contributed by atoms with Crippen molar-refractivity contribution in [2.45, 2.75) is 51.5 Å². The SMILES string of the molecule is COc1cccc(CCC(=O)N2CCC(c3n[nH]c(=S)n3C(C)C)CC2)c1. The monoisotopic (exact) mass is 388 g/mol. The molecule has 1 aromatic heterocycles. The van der Waals surface area contributed by atoms with Crippen LogP contribution >= 0.6 is 12.2 Å². The fourth-order valence-corrected chi connectivity index (χ4v) is 4.08. The zero-order valence-corrected chi connectivity index (χ0v) is 17.1. The lowest BCUT2D eigenvalue weighted by molar-refractivity contribution is -0.132. The minimum Gasteiger partial charge on any atom is -0.497 e. The molecule has 1 saturated heterocycles. The third-order valence-corrected chi connectivity index (χ3v) is 5.51. The van der Waals surface area contributed by atoms with Crippen LogP contribution in [0.3, 0.4) is 0 Å². The second-order valence-corrected chi connectivity index (χ2v) is 7.74. The van der Waals surface area contributed by atoms with Gasteiger partial charge in [-0.2, -0.15) is 5.10 Å². The molecular formula is C20H28N4O2S. The van der Waals surface area contributed by atoms with Crippen molar-refractivity contribution in [2.75, 3.05) is 20.2 Å². The number of piperidine rings is 1. The van der Waals surface area contributed by atoms with Crippen LogP contribution < -0.4 is 4.74 Å². The molecule has 2 heterocycles. The molecular weight excluding hydrogens is 360 g/mol. The van der Waals surface area contributed by atoms with Crippen molar-refractivity contribution in [2.24, 2.45) is 0 Å². The average molecular weight is 389 g/mol. The number of hydrogen-bond acceptors (Lipinski definition) is 4. The van der Waals surface area contributed by atoms with Gasteiger partial charge < -0.3 is 14.2 Å². The topological polar surface area (TPSA) is 63.1 Å². The summed E-state index contributed by atoms with van der Waals surface area (Å²) in [6.07, 6.45) is 3.12. The first-order valence-electron chi connectivity index (χ1n) is 9.57. The van der Waals surface area contributed by atoms with Gasteiger partial charge in [-0.05, 0) is 63.0 Å². The van der Waals surface area contributed by atoms with Crippen LogP contribution in [0.4, 0.5) is 0 Å². The Morgan fingerprint density at radius 3 is 2.78 bits per heavy atom. The number of nitrogens with zero attached hydrogens (tertiary/aromatic N) is 3. The van der Waals surface area contributed by atoms with Gasteiger partial charge in [0.05, 0.1) is 7.11 Å². The summed E-state index contributed by atoms with van der Waals surface area (Å²) in [7, 11) is 1.66. The maximum Gasteiger partial charge on any atom is 0.222 e. The van der Waals surface area contributed by atoms with Crippen LogP contribution in [-0.2, 0) is 11.2 Å². The second kappa shape index (κ2) is 8.69. The van der Waals surface area contributed by atoms with Gasteiger partial charge in [0.2, 0.25) is 5.91 Å². The minimum absolute atomic E-state index is 0.221. The Morgan fingerprint density at radius 2 is 2.11 bits per heavy atom. The van der Waals surface area contributed by atoms with E-state index in [9.17, 15) is 4.79 Å². The third kappa shape index (κ3) is 4.58. The molecule has 2 aromatic rings. The van der Waals surface area contributed by atoms with Gasteiger partial charge in [-0.25, -0.2) is 0 Å². The Balaban J connectivity index is 1.54. The van der Waals surface area contributed by atoms with Crippen LogP contribution in [0.5, 0.6) is 5.75 Å². The summed E-state index contributed by atoms with van der Waals surface area (Å²) in [6.45, 7) is 5.79. The summed E-state index contributed by atoms with van der Waals surface area (Å²) < 4.78 is 8.02. The van der Waals surface area contributed by atoms with Gasteiger partial charge in [-0.1, -0.05) is 12.1 Å². The molecule has 1 aliphatic heterocycles. The Bertz CT molecular complexity index is 835. The molecule has 146 valence electrons. The van der Waals surface area contributed by atoms with Crippen molar-refractivity contribution in [1.29, 1.82) is 0 Å². The third-order valence-electron chi connectivity index (χ3n) is 5.22. The number of aryl methyl sites for hydroxylation is 1. The molecule has 1 amide bonds. The van der Waals surface area contributed by atoms with Crippen LogP contribution in [0.1, 0.15) is 56.5 Å². The molecule has 3 rings (SSSR count). The van der Waals surface area contributed by atoms with Crippen LogP contribution in [0.2, 0.25) is 0 Å². The van der Waals surface area contributed by atoms with Gasteiger partial charge >= 0.3 is 0 Å². The summed E-state index contributed by atoms with van der Waals surface area (Å²) in [5, 5.41) is 7.38. The van der Waals surface area contributed by atoms with E-state index in [2.05, 4.69) is 28.6 Å². The molecule has 0 atom stereocenters.